The molecule has 2 rings (SSSR count). The molecule has 1 nitrogen and oxygen atoms in total. The van der Waals surface area contributed by atoms with Crippen LogP contribution in [-0.2, 0) is 0 Å². The molecule has 1 heterocycles. The van der Waals surface area contributed by atoms with Gasteiger partial charge < -0.3 is 5.32 Å². The van der Waals surface area contributed by atoms with Gasteiger partial charge in [0.2, 0.25) is 0 Å². The van der Waals surface area contributed by atoms with Crippen molar-refractivity contribution in [1.82, 2.24) is 5.32 Å². The van der Waals surface area contributed by atoms with Gasteiger partial charge in [0.25, 0.3) is 0 Å². The van der Waals surface area contributed by atoms with E-state index in [4.69, 9.17) is 0 Å². The average Bonchev–Trinajstić information content (AvgIpc) is 2.40. The fraction of sp³-hybridized carbons (Fsp3) is 1.00. The second-order valence-electron chi connectivity index (χ2n) is 4.15. The number of hydrogen-bond donors (Lipinski definition) is 1. The summed E-state index contributed by atoms with van der Waals surface area (Å²) in [5, 5.41) is 3.57. The van der Waals surface area contributed by atoms with Crippen molar-refractivity contribution in [2.24, 2.45) is 11.8 Å². The van der Waals surface area contributed by atoms with Crippen molar-refractivity contribution in [3.8, 4) is 0 Å². The minimum absolute atomic E-state index is 0.852. The zero-order valence-electron chi connectivity index (χ0n) is 6.93. The van der Waals surface area contributed by atoms with Gasteiger partial charge in [-0.15, -0.1) is 0 Å². The normalized spacial score (nSPS) is 39.9. The Morgan fingerprint density at radius 2 is 2.00 bits per heavy atom. The van der Waals surface area contributed by atoms with E-state index in [1.54, 1.807) is 0 Å². The van der Waals surface area contributed by atoms with Crippen LogP contribution in [0, 0.1) is 11.8 Å². The molecule has 2 fully saturated rings. The molecule has 1 saturated heterocycles. The van der Waals surface area contributed by atoms with Crippen molar-refractivity contribution in [3.63, 3.8) is 0 Å². The van der Waals surface area contributed by atoms with Gasteiger partial charge in [-0.25, -0.2) is 0 Å². The fourth-order valence-electron chi connectivity index (χ4n) is 2.00. The molecule has 1 N–H and O–H groups in total. The van der Waals surface area contributed by atoms with Gasteiger partial charge in [-0.1, -0.05) is 20.3 Å². The standard InChI is InChI=1S/C9H17N/c1-6(2)8-9(10-8)7-4-3-5-7/h6-10H,3-5H2,1-2H3. The van der Waals surface area contributed by atoms with E-state index < -0.39 is 0 Å². The minimum Gasteiger partial charge on any atom is -0.308 e. The fourth-order valence-corrected chi connectivity index (χ4v) is 2.00. The van der Waals surface area contributed by atoms with E-state index in [0.717, 1.165) is 23.9 Å². The molecule has 0 bridgehead atoms. The van der Waals surface area contributed by atoms with E-state index in [-0.39, 0.29) is 0 Å². The highest BCUT2D eigenvalue weighted by Gasteiger charge is 2.45. The quantitative estimate of drug-likeness (QED) is 0.579. The van der Waals surface area contributed by atoms with Crippen LogP contribution in [0.5, 0.6) is 0 Å². The van der Waals surface area contributed by atoms with Crippen molar-refractivity contribution in [2.75, 3.05) is 0 Å². The van der Waals surface area contributed by atoms with Gasteiger partial charge in [-0.2, -0.15) is 0 Å². The van der Waals surface area contributed by atoms with E-state index in [2.05, 4.69) is 19.2 Å². The topological polar surface area (TPSA) is 21.9 Å². The highest BCUT2D eigenvalue weighted by atomic mass is 15.2. The van der Waals surface area contributed by atoms with Gasteiger partial charge in [0.1, 0.15) is 0 Å². The lowest BCUT2D eigenvalue weighted by atomic mass is 9.80. The van der Waals surface area contributed by atoms with Crippen molar-refractivity contribution in [2.45, 2.75) is 45.2 Å². The summed E-state index contributed by atoms with van der Waals surface area (Å²) in [6, 6.07) is 1.78. The summed E-state index contributed by atoms with van der Waals surface area (Å²) in [7, 11) is 0. The molecule has 0 aromatic heterocycles. The van der Waals surface area contributed by atoms with Crippen molar-refractivity contribution in [1.29, 1.82) is 0 Å². The molecule has 2 unspecified atom stereocenters. The summed E-state index contributed by atoms with van der Waals surface area (Å²) in [5.41, 5.74) is 0. The van der Waals surface area contributed by atoms with Crippen LogP contribution in [0.3, 0.4) is 0 Å². The first kappa shape index (κ1) is 6.66. The molecule has 2 atom stereocenters. The third kappa shape index (κ3) is 0.968. The first-order chi connectivity index (χ1) is 4.79. The van der Waals surface area contributed by atoms with Gasteiger partial charge in [0.05, 0.1) is 0 Å². The van der Waals surface area contributed by atoms with E-state index in [1.807, 2.05) is 0 Å². The summed E-state index contributed by atoms with van der Waals surface area (Å²) in [6.07, 6.45) is 4.45. The second-order valence-corrected chi connectivity index (χ2v) is 4.15. The maximum absolute atomic E-state index is 3.57. The van der Waals surface area contributed by atoms with E-state index in [9.17, 15) is 0 Å². The minimum atomic E-state index is 0.852. The van der Waals surface area contributed by atoms with Crippen LogP contribution in [0.2, 0.25) is 0 Å². The van der Waals surface area contributed by atoms with E-state index >= 15 is 0 Å². The molecule has 0 radical (unpaired) electrons. The third-order valence-electron chi connectivity index (χ3n) is 3.04. The van der Waals surface area contributed by atoms with Crippen molar-refractivity contribution < 1.29 is 0 Å². The van der Waals surface area contributed by atoms with E-state index in [1.165, 1.54) is 19.3 Å². The molecule has 0 amide bonds. The highest BCUT2D eigenvalue weighted by molar-refractivity contribution is 5.05. The Morgan fingerprint density at radius 1 is 1.30 bits per heavy atom. The van der Waals surface area contributed by atoms with Crippen LogP contribution in [0.15, 0.2) is 0 Å². The largest absolute Gasteiger partial charge is 0.308 e. The molecule has 1 heteroatoms. The van der Waals surface area contributed by atoms with Crippen LogP contribution in [0.1, 0.15) is 33.1 Å². The number of rotatable bonds is 2. The summed E-state index contributed by atoms with van der Waals surface area (Å²) >= 11 is 0. The molecule has 1 aliphatic heterocycles. The number of hydrogen-bond acceptors (Lipinski definition) is 1. The van der Waals surface area contributed by atoms with Crippen molar-refractivity contribution in [3.05, 3.63) is 0 Å². The maximum atomic E-state index is 3.57. The smallest absolute Gasteiger partial charge is 0.0255 e. The Hall–Kier alpha value is -0.0400. The lowest BCUT2D eigenvalue weighted by molar-refractivity contribution is 0.301. The summed E-state index contributed by atoms with van der Waals surface area (Å²) in [6.45, 7) is 4.63. The summed E-state index contributed by atoms with van der Waals surface area (Å²) in [4.78, 5) is 0. The molecule has 10 heavy (non-hydrogen) atoms. The predicted octanol–water partition coefficient (Wildman–Crippen LogP) is 1.78. The van der Waals surface area contributed by atoms with Gasteiger partial charge in [0.15, 0.2) is 0 Å². The average molecular weight is 139 g/mol. The molecular weight excluding hydrogens is 122 g/mol. The zero-order chi connectivity index (χ0) is 7.14. The molecule has 1 aliphatic carbocycles. The molecule has 2 aliphatic rings. The van der Waals surface area contributed by atoms with Gasteiger partial charge in [-0.05, 0) is 24.7 Å². The van der Waals surface area contributed by atoms with Crippen LogP contribution >= 0.6 is 0 Å². The van der Waals surface area contributed by atoms with Crippen LogP contribution in [-0.4, -0.2) is 12.1 Å². The van der Waals surface area contributed by atoms with E-state index in [0.29, 0.717) is 0 Å². The summed E-state index contributed by atoms with van der Waals surface area (Å²) in [5.74, 6) is 1.90. The predicted molar refractivity (Wildman–Crippen MR) is 42.9 cm³/mol. The highest BCUT2D eigenvalue weighted by Crippen LogP contribution is 2.38. The lowest BCUT2D eigenvalue weighted by Gasteiger charge is -2.24. The van der Waals surface area contributed by atoms with Gasteiger partial charge in [-0.3, -0.25) is 0 Å². The first-order valence-electron chi connectivity index (χ1n) is 4.55. The Kier molecular flexibility index (Phi) is 1.48. The zero-order valence-corrected chi connectivity index (χ0v) is 6.93. The maximum Gasteiger partial charge on any atom is 0.0255 e. The second kappa shape index (κ2) is 2.23. The van der Waals surface area contributed by atoms with Crippen LogP contribution in [0.25, 0.3) is 0 Å². The Morgan fingerprint density at radius 3 is 2.30 bits per heavy atom. The molecule has 0 spiro atoms. The van der Waals surface area contributed by atoms with Gasteiger partial charge in [0, 0.05) is 12.1 Å². The monoisotopic (exact) mass is 139 g/mol. The summed E-state index contributed by atoms with van der Waals surface area (Å²) < 4.78 is 0. The molecule has 1 saturated carbocycles. The van der Waals surface area contributed by atoms with Crippen LogP contribution in [0.4, 0.5) is 0 Å². The molecule has 0 aromatic carbocycles. The van der Waals surface area contributed by atoms with Gasteiger partial charge >= 0.3 is 0 Å². The molecule has 58 valence electrons. The Labute approximate surface area is 63.2 Å². The number of nitrogens with one attached hydrogen (secondary N) is 1. The molecule has 0 aromatic rings. The SMILES string of the molecule is CC(C)C1NC1C1CCC1. The third-order valence-corrected chi connectivity index (χ3v) is 3.04. The van der Waals surface area contributed by atoms with Crippen LogP contribution < -0.4 is 5.32 Å². The lowest BCUT2D eigenvalue weighted by Crippen LogP contribution is -2.20. The first-order valence-corrected chi connectivity index (χ1v) is 4.55. The molecular formula is C9H17N. The Balaban J connectivity index is 1.78. The van der Waals surface area contributed by atoms with Crippen molar-refractivity contribution >= 4 is 0 Å². The Bertz CT molecular complexity index is 127.